The molecule has 0 unspecified atom stereocenters. The summed E-state index contributed by atoms with van der Waals surface area (Å²) < 4.78 is 5.77. The Morgan fingerprint density at radius 1 is 1.50 bits per heavy atom. The Kier molecular flexibility index (Phi) is 3.50. The van der Waals surface area contributed by atoms with Gasteiger partial charge >= 0.3 is 0 Å². The van der Waals surface area contributed by atoms with Gasteiger partial charge in [0, 0.05) is 18.9 Å². The smallest absolute Gasteiger partial charge is 0.167 e. The minimum Gasteiger partial charge on any atom is -0.506 e. The molecule has 0 saturated carbocycles. The summed E-state index contributed by atoms with van der Waals surface area (Å²) in [6, 6.07) is 1.91. The van der Waals surface area contributed by atoms with E-state index in [-0.39, 0.29) is 11.5 Å². The van der Waals surface area contributed by atoms with Crippen molar-refractivity contribution in [3.05, 3.63) is 21.7 Å². The van der Waals surface area contributed by atoms with Crippen molar-refractivity contribution >= 4 is 21.7 Å². The van der Waals surface area contributed by atoms with Crippen molar-refractivity contribution in [3.8, 4) is 11.5 Å². The number of phenols is 1. The maximum atomic E-state index is 12.4. The SMILES string of the molecule is COc1cc2c(c(O)c1Br)C(=O)C[C@H]1CCN(C)C[C@H]21. The summed E-state index contributed by atoms with van der Waals surface area (Å²) >= 11 is 3.31. The maximum Gasteiger partial charge on any atom is 0.167 e. The Bertz CT molecular complexity index is 573. The first-order valence-electron chi connectivity index (χ1n) is 6.84. The van der Waals surface area contributed by atoms with Crippen LogP contribution >= 0.6 is 15.9 Å². The number of carbonyl (C=O) groups is 1. The highest BCUT2D eigenvalue weighted by molar-refractivity contribution is 9.10. The average molecular weight is 340 g/mol. The third-order valence-electron chi connectivity index (χ3n) is 4.54. The van der Waals surface area contributed by atoms with Crippen molar-refractivity contribution in [2.24, 2.45) is 5.92 Å². The lowest BCUT2D eigenvalue weighted by molar-refractivity contribution is 0.0883. The van der Waals surface area contributed by atoms with Crippen LogP contribution in [0.15, 0.2) is 10.5 Å². The molecule has 108 valence electrons. The van der Waals surface area contributed by atoms with Crippen LogP contribution in [0.4, 0.5) is 0 Å². The van der Waals surface area contributed by atoms with Crippen LogP contribution in [-0.4, -0.2) is 43.0 Å². The normalized spacial score (nSPS) is 26.1. The largest absolute Gasteiger partial charge is 0.506 e. The second-order valence-electron chi connectivity index (χ2n) is 5.75. The van der Waals surface area contributed by atoms with Gasteiger partial charge in [0.05, 0.1) is 12.7 Å². The van der Waals surface area contributed by atoms with E-state index in [9.17, 15) is 9.90 Å². The molecule has 0 bridgehead atoms. The average Bonchev–Trinajstić information content (AvgIpc) is 2.43. The molecule has 1 aliphatic carbocycles. The number of hydrogen-bond acceptors (Lipinski definition) is 4. The van der Waals surface area contributed by atoms with E-state index in [1.165, 1.54) is 0 Å². The quantitative estimate of drug-likeness (QED) is 0.854. The molecule has 1 heterocycles. The zero-order chi connectivity index (χ0) is 14.4. The minimum atomic E-state index is 0.0241. The van der Waals surface area contributed by atoms with Crippen molar-refractivity contribution in [1.82, 2.24) is 4.90 Å². The van der Waals surface area contributed by atoms with Gasteiger partial charge in [-0.25, -0.2) is 0 Å². The van der Waals surface area contributed by atoms with Gasteiger partial charge in [0.15, 0.2) is 5.78 Å². The molecule has 0 amide bonds. The summed E-state index contributed by atoms with van der Waals surface area (Å²) in [7, 11) is 3.67. The number of carbonyl (C=O) groups excluding carboxylic acids is 1. The van der Waals surface area contributed by atoms with Gasteiger partial charge in [-0.15, -0.1) is 0 Å². The van der Waals surface area contributed by atoms with Crippen LogP contribution in [0.5, 0.6) is 11.5 Å². The predicted molar refractivity (Wildman–Crippen MR) is 79.7 cm³/mol. The van der Waals surface area contributed by atoms with Crippen molar-refractivity contribution in [1.29, 1.82) is 0 Å². The van der Waals surface area contributed by atoms with Crippen LogP contribution in [0.2, 0.25) is 0 Å². The third-order valence-corrected chi connectivity index (χ3v) is 5.31. The number of aromatic hydroxyl groups is 1. The summed E-state index contributed by atoms with van der Waals surface area (Å²) in [5.41, 5.74) is 1.42. The minimum absolute atomic E-state index is 0.0241. The van der Waals surface area contributed by atoms with Crippen molar-refractivity contribution in [3.63, 3.8) is 0 Å². The van der Waals surface area contributed by atoms with E-state index < -0.39 is 0 Å². The molecular formula is C15H18BrNO3. The number of nitrogens with zero attached hydrogens (tertiary/aromatic N) is 1. The Morgan fingerprint density at radius 2 is 2.25 bits per heavy atom. The molecule has 1 N–H and O–H groups in total. The van der Waals surface area contributed by atoms with Crippen LogP contribution in [0, 0.1) is 5.92 Å². The van der Waals surface area contributed by atoms with Gasteiger partial charge in [-0.3, -0.25) is 4.79 Å². The molecule has 4 nitrogen and oxygen atoms in total. The first-order valence-corrected chi connectivity index (χ1v) is 7.63. The van der Waals surface area contributed by atoms with Crippen molar-refractivity contribution in [2.75, 3.05) is 27.2 Å². The van der Waals surface area contributed by atoms with E-state index >= 15 is 0 Å². The second kappa shape index (κ2) is 5.04. The van der Waals surface area contributed by atoms with E-state index in [2.05, 4.69) is 27.9 Å². The molecule has 1 saturated heterocycles. The van der Waals surface area contributed by atoms with Gasteiger partial charge in [0.1, 0.15) is 16.0 Å². The highest BCUT2D eigenvalue weighted by Gasteiger charge is 2.39. The molecular weight excluding hydrogens is 322 g/mol. The number of ketones is 1. The van der Waals surface area contributed by atoms with Crippen LogP contribution in [0.1, 0.15) is 34.7 Å². The molecule has 1 aromatic carbocycles. The van der Waals surface area contributed by atoms with Gasteiger partial charge in [-0.1, -0.05) is 0 Å². The summed E-state index contributed by atoms with van der Waals surface area (Å²) in [5, 5.41) is 10.3. The standard InChI is InChI=1S/C15H18BrNO3/c1-17-4-3-8-5-11(18)13-9(10(8)7-17)6-12(20-2)14(16)15(13)19/h6,8,10,19H,3-5,7H2,1-2H3/t8-,10+/m1/s1. The third kappa shape index (κ3) is 2.04. The summed E-state index contributed by atoms with van der Waals surface area (Å²) in [6.07, 6.45) is 1.57. The van der Waals surface area contributed by atoms with Crippen LogP contribution in [-0.2, 0) is 0 Å². The zero-order valence-corrected chi connectivity index (χ0v) is 13.2. The van der Waals surface area contributed by atoms with Crippen LogP contribution < -0.4 is 4.74 Å². The number of halogens is 1. The molecule has 0 aromatic heterocycles. The van der Waals surface area contributed by atoms with E-state index in [4.69, 9.17) is 4.74 Å². The number of ether oxygens (including phenoxy) is 1. The lowest BCUT2D eigenvalue weighted by Crippen LogP contribution is -2.40. The molecule has 0 radical (unpaired) electrons. The molecule has 1 aromatic rings. The lowest BCUT2D eigenvalue weighted by Gasteiger charge is -2.40. The lowest BCUT2D eigenvalue weighted by atomic mass is 9.71. The number of likely N-dealkylation sites (N-methyl/N-ethyl adjacent to an activating group) is 1. The fraction of sp³-hybridized carbons (Fsp3) is 0.533. The van der Waals surface area contributed by atoms with Crippen LogP contribution in [0.3, 0.4) is 0 Å². The Balaban J connectivity index is 2.16. The van der Waals surface area contributed by atoms with Crippen LogP contribution in [0.25, 0.3) is 0 Å². The first kappa shape index (κ1) is 13.9. The number of Topliss-reactive ketones (excluding diaryl/α,β-unsaturated/α-hetero) is 1. The molecule has 3 rings (SSSR count). The number of hydrogen-bond donors (Lipinski definition) is 1. The molecule has 0 spiro atoms. The fourth-order valence-corrected chi connectivity index (χ4v) is 3.95. The number of fused-ring (bicyclic) bond motifs is 3. The molecule has 2 aliphatic rings. The number of likely N-dealkylation sites (tertiary alicyclic amines) is 1. The highest BCUT2D eigenvalue weighted by Crippen LogP contribution is 2.48. The maximum absolute atomic E-state index is 12.4. The fourth-order valence-electron chi connectivity index (χ4n) is 3.47. The Hall–Kier alpha value is -1.07. The number of rotatable bonds is 1. The second-order valence-corrected chi connectivity index (χ2v) is 6.54. The molecule has 1 fully saturated rings. The van der Waals surface area contributed by atoms with Gasteiger partial charge in [-0.05, 0) is 53.5 Å². The molecule has 20 heavy (non-hydrogen) atoms. The Labute approximate surface area is 126 Å². The zero-order valence-electron chi connectivity index (χ0n) is 11.6. The summed E-state index contributed by atoms with van der Waals surface area (Å²) in [5.74, 6) is 1.34. The predicted octanol–water partition coefficient (Wildman–Crippen LogP) is 2.79. The molecule has 1 aliphatic heterocycles. The van der Waals surface area contributed by atoms with Crippen molar-refractivity contribution < 1.29 is 14.6 Å². The summed E-state index contributed by atoms with van der Waals surface area (Å²) in [4.78, 5) is 14.6. The van der Waals surface area contributed by atoms with Gasteiger partial charge < -0.3 is 14.7 Å². The highest BCUT2D eigenvalue weighted by atomic mass is 79.9. The molecule has 5 heteroatoms. The van der Waals surface area contributed by atoms with Crippen molar-refractivity contribution in [2.45, 2.75) is 18.8 Å². The van der Waals surface area contributed by atoms with Gasteiger partial charge in [-0.2, -0.15) is 0 Å². The first-order chi connectivity index (χ1) is 9.52. The van der Waals surface area contributed by atoms with E-state index in [1.807, 2.05) is 6.07 Å². The Morgan fingerprint density at radius 3 is 2.95 bits per heavy atom. The number of phenolic OH excluding ortho intramolecular Hbond substituents is 1. The number of benzene rings is 1. The molecule has 2 atom stereocenters. The summed E-state index contributed by atoms with van der Waals surface area (Å²) in [6.45, 7) is 1.96. The monoisotopic (exact) mass is 339 g/mol. The van der Waals surface area contributed by atoms with Gasteiger partial charge in [0.2, 0.25) is 0 Å². The number of methoxy groups -OCH3 is 1. The number of piperidine rings is 1. The van der Waals surface area contributed by atoms with E-state index in [0.29, 0.717) is 34.0 Å². The van der Waals surface area contributed by atoms with Gasteiger partial charge in [0.25, 0.3) is 0 Å². The van der Waals surface area contributed by atoms with E-state index in [1.54, 1.807) is 7.11 Å². The van der Waals surface area contributed by atoms with E-state index in [0.717, 1.165) is 25.1 Å². The topological polar surface area (TPSA) is 49.8 Å².